The highest BCUT2D eigenvalue weighted by atomic mass is 35.5. The van der Waals surface area contributed by atoms with Crippen LogP contribution in [0.25, 0.3) is 22.4 Å². The predicted molar refractivity (Wildman–Crippen MR) is 130 cm³/mol. The van der Waals surface area contributed by atoms with E-state index in [0.29, 0.717) is 33.9 Å². The van der Waals surface area contributed by atoms with Gasteiger partial charge in [-0.15, -0.1) is 22.6 Å². The highest BCUT2D eigenvalue weighted by Gasteiger charge is 2.11. The summed E-state index contributed by atoms with van der Waals surface area (Å²) in [7, 11) is 0. The van der Waals surface area contributed by atoms with Crippen molar-refractivity contribution in [3.05, 3.63) is 89.3 Å². The molecule has 0 fully saturated rings. The molecule has 5 rings (SSSR count). The van der Waals surface area contributed by atoms with E-state index in [2.05, 4.69) is 25.5 Å². The summed E-state index contributed by atoms with van der Waals surface area (Å²) in [4.78, 5) is 8.70. The standard InChI is InChI=1S/C24H17ClFN5O2.ClH/c1-14-30-31-24(33-14)16-5-7-21-19(10-16)23(28-13-27-21)29-18-6-8-22(20(25)11-18)32-12-15-3-2-4-17(26)9-15;/h2-11,13H,12H2,1H3,(H,27,28,29);1H. The molecule has 0 radical (unpaired) electrons. The van der Waals surface area contributed by atoms with E-state index in [-0.39, 0.29) is 24.8 Å². The lowest BCUT2D eigenvalue weighted by Crippen LogP contribution is -1.99. The first-order chi connectivity index (χ1) is 16.0. The Bertz CT molecular complexity index is 1460. The zero-order valence-electron chi connectivity index (χ0n) is 17.8. The van der Waals surface area contributed by atoms with E-state index < -0.39 is 0 Å². The van der Waals surface area contributed by atoms with Crippen molar-refractivity contribution < 1.29 is 13.5 Å². The van der Waals surface area contributed by atoms with Gasteiger partial charge < -0.3 is 14.5 Å². The zero-order chi connectivity index (χ0) is 22.8. The molecule has 5 aromatic rings. The first kappa shape index (κ1) is 23.4. The number of nitrogens with one attached hydrogen (secondary N) is 1. The predicted octanol–water partition coefficient (Wildman–Crippen LogP) is 6.53. The molecule has 0 bridgehead atoms. The molecule has 0 aliphatic carbocycles. The second kappa shape index (κ2) is 10.0. The molecule has 0 spiro atoms. The fraction of sp³-hybridized carbons (Fsp3) is 0.0833. The van der Waals surface area contributed by atoms with E-state index in [1.807, 2.05) is 24.3 Å². The Morgan fingerprint density at radius 3 is 2.68 bits per heavy atom. The van der Waals surface area contributed by atoms with Gasteiger partial charge >= 0.3 is 0 Å². The van der Waals surface area contributed by atoms with Gasteiger partial charge in [-0.2, -0.15) is 0 Å². The molecule has 0 amide bonds. The Morgan fingerprint density at radius 1 is 1.03 bits per heavy atom. The van der Waals surface area contributed by atoms with Crippen molar-refractivity contribution in [2.75, 3.05) is 5.32 Å². The van der Waals surface area contributed by atoms with Crippen molar-refractivity contribution in [2.45, 2.75) is 13.5 Å². The maximum atomic E-state index is 13.4. The minimum atomic E-state index is -0.309. The van der Waals surface area contributed by atoms with Crippen LogP contribution in [0.1, 0.15) is 11.5 Å². The van der Waals surface area contributed by atoms with E-state index in [4.69, 9.17) is 20.8 Å². The quantitative estimate of drug-likeness (QED) is 0.285. The van der Waals surface area contributed by atoms with Crippen LogP contribution in [0.3, 0.4) is 0 Å². The Balaban J connectivity index is 0.00000274. The number of halogens is 3. The van der Waals surface area contributed by atoms with E-state index in [0.717, 1.165) is 22.2 Å². The topological polar surface area (TPSA) is 86.0 Å². The Labute approximate surface area is 205 Å². The van der Waals surface area contributed by atoms with Gasteiger partial charge in [-0.25, -0.2) is 14.4 Å². The van der Waals surface area contributed by atoms with Gasteiger partial charge in [0.15, 0.2) is 0 Å². The van der Waals surface area contributed by atoms with Crippen molar-refractivity contribution >= 4 is 46.4 Å². The van der Waals surface area contributed by atoms with Crippen LogP contribution in [-0.2, 0) is 6.61 Å². The van der Waals surface area contributed by atoms with Gasteiger partial charge in [-0.3, -0.25) is 0 Å². The maximum absolute atomic E-state index is 13.4. The summed E-state index contributed by atoms with van der Waals surface area (Å²) in [6, 6.07) is 17.2. The smallest absolute Gasteiger partial charge is 0.247 e. The normalized spacial score (nSPS) is 10.7. The van der Waals surface area contributed by atoms with E-state index in [1.165, 1.54) is 18.5 Å². The van der Waals surface area contributed by atoms with Gasteiger partial charge in [0.2, 0.25) is 11.8 Å². The van der Waals surface area contributed by atoms with Gasteiger partial charge in [-0.1, -0.05) is 23.7 Å². The summed E-state index contributed by atoms with van der Waals surface area (Å²) >= 11 is 6.42. The number of benzene rings is 3. The fourth-order valence-electron chi connectivity index (χ4n) is 3.32. The summed E-state index contributed by atoms with van der Waals surface area (Å²) < 4.78 is 24.6. The number of ether oxygens (including phenoxy) is 1. The Hall–Kier alpha value is -3.75. The van der Waals surface area contributed by atoms with Crippen molar-refractivity contribution in [1.82, 2.24) is 20.2 Å². The summed E-state index contributed by atoms with van der Waals surface area (Å²) in [6.07, 6.45) is 1.49. The molecule has 0 unspecified atom stereocenters. The number of rotatable bonds is 6. The van der Waals surface area contributed by atoms with E-state index >= 15 is 0 Å². The molecule has 1 N–H and O–H groups in total. The second-order valence-electron chi connectivity index (χ2n) is 7.27. The van der Waals surface area contributed by atoms with Crippen molar-refractivity contribution in [1.29, 1.82) is 0 Å². The summed E-state index contributed by atoms with van der Waals surface area (Å²) in [5, 5.41) is 12.4. The molecule has 34 heavy (non-hydrogen) atoms. The largest absolute Gasteiger partial charge is 0.487 e. The van der Waals surface area contributed by atoms with Crippen LogP contribution in [0.2, 0.25) is 5.02 Å². The minimum Gasteiger partial charge on any atom is -0.487 e. The molecular weight excluding hydrogens is 480 g/mol. The van der Waals surface area contributed by atoms with Crippen LogP contribution in [0, 0.1) is 12.7 Å². The van der Waals surface area contributed by atoms with Gasteiger partial charge in [0, 0.05) is 23.6 Å². The molecule has 2 aromatic heterocycles. The fourth-order valence-corrected chi connectivity index (χ4v) is 3.56. The maximum Gasteiger partial charge on any atom is 0.247 e. The SMILES string of the molecule is Cc1nnc(-c2ccc3ncnc(Nc4ccc(OCc5cccc(F)c5)c(Cl)c4)c3c2)o1.Cl. The van der Waals surface area contributed by atoms with Gasteiger partial charge in [-0.05, 0) is 54.1 Å². The first-order valence-corrected chi connectivity index (χ1v) is 10.4. The average Bonchev–Trinajstić information content (AvgIpc) is 3.25. The lowest BCUT2D eigenvalue weighted by Gasteiger charge is -2.12. The van der Waals surface area contributed by atoms with Crippen LogP contribution in [0.15, 0.2) is 71.4 Å². The third-order valence-corrected chi connectivity index (χ3v) is 5.18. The summed E-state index contributed by atoms with van der Waals surface area (Å²) in [5.41, 5.74) is 2.96. The van der Waals surface area contributed by atoms with Crippen LogP contribution in [0.4, 0.5) is 15.9 Å². The highest BCUT2D eigenvalue weighted by Crippen LogP contribution is 2.32. The third kappa shape index (κ3) is 5.08. The number of hydrogen-bond acceptors (Lipinski definition) is 7. The molecule has 7 nitrogen and oxygen atoms in total. The summed E-state index contributed by atoms with van der Waals surface area (Å²) in [6.45, 7) is 1.95. The highest BCUT2D eigenvalue weighted by molar-refractivity contribution is 6.32. The molecule has 172 valence electrons. The van der Waals surface area contributed by atoms with Crippen LogP contribution >= 0.6 is 24.0 Å². The van der Waals surface area contributed by atoms with E-state index in [9.17, 15) is 4.39 Å². The zero-order valence-corrected chi connectivity index (χ0v) is 19.4. The molecular formula is C24H18Cl2FN5O2. The summed E-state index contributed by atoms with van der Waals surface area (Å²) in [5.74, 6) is 1.70. The van der Waals surface area contributed by atoms with Crippen molar-refractivity contribution in [3.63, 3.8) is 0 Å². The molecule has 0 aliphatic heterocycles. The lowest BCUT2D eigenvalue weighted by atomic mass is 10.1. The first-order valence-electron chi connectivity index (χ1n) is 10.0. The Kier molecular flexibility index (Phi) is 6.90. The third-order valence-electron chi connectivity index (χ3n) is 4.89. The minimum absolute atomic E-state index is 0. The molecule has 2 heterocycles. The van der Waals surface area contributed by atoms with E-state index in [1.54, 1.807) is 31.2 Å². The van der Waals surface area contributed by atoms with Crippen LogP contribution < -0.4 is 10.1 Å². The molecule has 0 saturated heterocycles. The van der Waals surface area contributed by atoms with Crippen LogP contribution in [-0.4, -0.2) is 20.2 Å². The van der Waals surface area contributed by atoms with Gasteiger partial charge in [0.05, 0.1) is 10.5 Å². The molecule has 0 saturated carbocycles. The molecule has 0 atom stereocenters. The average molecular weight is 498 g/mol. The number of fused-ring (bicyclic) bond motifs is 1. The number of aromatic nitrogens is 4. The Morgan fingerprint density at radius 2 is 1.91 bits per heavy atom. The molecule has 10 heteroatoms. The lowest BCUT2D eigenvalue weighted by molar-refractivity contribution is 0.306. The number of nitrogens with zero attached hydrogens (tertiary/aromatic N) is 4. The number of hydrogen-bond donors (Lipinski definition) is 1. The monoisotopic (exact) mass is 497 g/mol. The van der Waals surface area contributed by atoms with Crippen molar-refractivity contribution in [3.8, 4) is 17.2 Å². The number of anilines is 2. The van der Waals surface area contributed by atoms with Gasteiger partial charge in [0.25, 0.3) is 0 Å². The molecule has 3 aromatic carbocycles. The van der Waals surface area contributed by atoms with Crippen molar-refractivity contribution in [2.24, 2.45) is 0 Å². The second-order valence-corrected chi connectivity index (χ2v) is 7.68. The van der Waals surface area contributed by atoms with Gasteiger partial charge in [0.1, 0.15) is 30.3 Å². The molecule has 0 aliphatic rings. The number of aryl methyl sites for hydroxylation is 1. The van der Waals surface area contributed by atoms with Crippen LogP contribution in [0.5, 0.6) is 5.75 Å².